The van der Waals surface area contributed by atoms with Crippen LogP contribution in [0.25, 0.3) is 0 Å². The van der Waals surface area contributed by atoms with Crippen LogP contribution in [0.2, 0.25) is 0 Å². The van der Waals surface area contributed by atoms with E-state index in [4.69, 9.17) is 0 Å². The number of hydrogen-bond acceptors (Lipinski definition) is 3. The maximum Gasteiger partial charge on any atom is 0.573 e. The van der Waals surface area contributed by atoms with Gasteiger partial charge in [-0.25, -0.2) is 8.93 Å². The Labute approximate surface area is 143 Å². The van der Waals surface area contributed by atoms with E-state index in [0.29, 0.717) is 18.4 Å². The molecule has 138 valence electrons. The monoisotopic (exact) mass is 367 g/mol. The molecule has 8 heteroatoms. The number of phenols is 1. The van der Waals surface area contributed by atoms with Crippen LogP contribution in [-0.4, -0.2) is 26.0 Å². The van der Waals surface area contributed by atoms with Gasteiger partial charge in [0.05, 0.1) is 15.7 Å². The van der Waals surface area contributed by atoms with Gasteiger partial charge in [0.2, 0.25) is 0 Å². The summed E-state index contributed by atoms with van der Waals surface area (Å²) >= 11 is 0. The van der Waals surface area contributed by atoms with E-state index in [1.165, 1.54) is 18.2 Å². The minimum atomic E-state index is -4.86. The first-order chi connectivity index (χ1) is 10.7. The van der Waals surface area contributed by atoms with Crippen LogP contribution in [-0.2, 0) is 17.4 Å². The Morgan fingerprint density at radius 3 is 2.25 bits per heavy atom. The second-order valence-corrected chi connectivity index (χ2v) is 9.18. The average molecular weight is 367 g/mol. The maximum absolute atomic E-state index is 12.3. The fourth-order valence-corrected chi connectivity index (χ4v) is 2.74. The molecule has 1 atom stereocenters. The van der Waals surface area contributed by atoms with E-state index in [2.05, 4.69) is 9.46 Å². The van der Waals surface area contributed by atoms with Gasteiger partial charge in [0, 0.05) is 5.54 Å². The highest BCUT2D eigenvalue weighted by molar-refractivity contribution is 7.84. The number of nitrogens with one attached hydrogen (secondary N) is 1. The first-order valence-corrected chi connectivity index (χ1v) is 8.62. The van der Waals surface area contributed by atoms with Crippen molar-refractivity contribution in [1.82, 2.24) is 4.72 Å². The van der Waals surface area contributed by atoms with E-state index >= 15 is 0 Å². The van der Waals surface area contributed by atoms with Gasteiger partial charge in [-0.2, -0.15) is 0 Å². The lowest BCUT2D eigenvalue weighted by Gasteiger charge is -2.30. The molecule has 0 bridgehead atoms. The SMILES string of the molecule is CC(C)(CCc1ccc(O)c(OC(F)(F)F)c1)NS(=O)C(C)(C)C. The van der Waals surface area contributed by atoms with Crippen LogP contribution in [0, 0.1) is 0 Å². The van der Waals surface area contributed by atoms with Gasteiger partial charge < -0.3 is 9.84 Å². The number of rotatable bonds is 6. The summed E-state index contributed by atoms with van der Waals surface area (Å²) in [6, 6.07) is 3.87. The van der Waals surface area contributed by atoms with Crippen molar-refractivity contribution < 1.29 is 27.2 Å². The predicted octanol–water partition coefficient (Wildman–Crippen LogP) is 4.05. The van der Waals surface area contributed by atoms with Crippen molar-refractivity contribution in [1.29, 1.82) is 0 Å². The quantitative estimate of drug-likeness (QED) is 0.797. The molecule has 1 aromatic rings. The number of aryl methyl sites for hydroxylation is 1. The molecular weight excluding hydrogens is 343 g/mol. The summed E-state index contributed by atoms with van der Waals surface area (Å²) in [5.74, 6) is -1.19. The van der Waals surface area contributed by atoms with E-state index < -0.39 is 39.1 Å². The van der Waals surface area contributed by atoms with E-state index in [1.807, 2.05) is 34.6 Å². The molecule has 0 amide bonds. The van der Waals surface area contributed by atoms with Crippen molar-refractivity contribution in [3.8, 4) is 11.5 Å². The van der Waals surface area contributed by atoms with Crippen LogP contribution >= 0.6 is 0 Å². The topological polar surface area (TPSA) is 58.6 Å². The third-order valence-corrected chi connectivity index (χ3v) is 5.06. The van der Waals surface area contributed by atoms with Gasteiger partial charge in [0.15, 0.2) is 11.5 Å². The van der Waals surface area contributed by atoms with Gasteiger partial charge in [-0.1, -0.05) is 6.07 Å². The summed E-state index contributed by atoms with van der Waals surface area (Å²) in [4.78, 5) is 0. The van der Waals surface area contributed by atoms with Crippen molar-refractivity contribution in [2.24, 2.45) is 0 Å². The van der Waals surface area contributed by atoms with E-state index in [-0.39, 0.29) is 0 Å². The highest BCUT2D eigenvalue weighted by Gasteiger charge is 2.32. The molecule has 4 nitrogen and oxygen atoms in total. The minimum absolute atomic E-state index is 0.413. The molecule has 1 aromatic carbocycles. The fraction of sp³-hybridized carbons (Fsp3) is 0.625. The standard InChI is InChI=1S/C16H24F3NO3S/c1-14(2,3)24(22)20-15(4,5)9-8-11-6-7-12(21)13(10-11)23-16(17,18)19/h6-7,10,20-21H,8-9H2,1-5H3. The van der Waals surface area contributed by atoms with Gasteiger partial charge in [0.1, 0.15) is 0 Å². The van der Waals surface area contributed by atoms with Gasteiger partial charge in [0.25, 0.3) is 0 Å². The lowest BCUT2D eigenvalue weighted by atomic mass is 9.96. The fourth-order valence-electron chi connectivity index (χ4n) is 1.83. The summed E-state index contributed by atoms with van der Waals surface area (Å²) < 4.78 is 55.5. The lowest BCUT2D eigenvalue weighted by Crippen LogP contribution is -2.46. The number of phenolic OH excluding ortho intramolecular Hbond substituents is 1. The Morgan fingerprint density at radius 1 is 1.17 bits per heavy atom. The van der Waals surface area contributed by atoms with Gasteiger partial charge >= 0.3 is 6.36 Å². The van der Waals surface area contributed by atoms with Gasteiger partial charge in [-0.3, -0.25) is 0 Å². The van der Waals surface area contributed by atoms with E-state index in [1.54, 1.807) is 0 Å². The van der Waals surface area contributed by atoms with Gasteiger partial charge in [-0.05, 0) is 65.2 Å². The first kappa shape index (κ1) is 20.8. The number of halogens is 3. The largest absolute Gasteiger partial charge is 0.573 e. The highest BCUT2D eigenvalue weighted by Crippen LogP contribution is 2.32. The minimum Gasteiger partial charge on any atom is -0.504 e. The van der Waals surface area contributed by atoms with Crippen LogP contribution in [0.5, 0.6) is 11.5 Å². The summed E-state index contributed by atoms with van der Waals surface area (Å²) in [6.45, 7) is 9.32. The molecule has 0 aliphatic carbocycles. The molecule has 0 saturated heterocycles. The molecule has 0 heterocycles. The second-order valence-electron chi connectivity index (χ2n) is 7.22. The van der Waals surface area contributed by atoms with Crippen LogP contribution in [0.1, 0.15) is 46.6 Å². The van der Waals surface area contributed by atoms with Crippen molar-refractivity contribution in [3.05, 3.63) is 23.8 Å². The molecule has 1 unspecified atom stereocenters. The Hall–Kier alpha value is -1.28. The lowest BCUT2D eigenvalue weighted by molar-refractivity contribution is -0.275. The Balaban J connectivity index is 2.76. The maximum atomic E-state index is 12.3. The molecule has 0 aliphatic rings. The van der Waals surface area contributed by atoms with Crippen molar-refractivity contribution in [2.45, 2.75) is 64.1 Å². The molecule has 0 fully saturated rings. The second kappa shape index (κ2) is 7.31. The molecule has 1 rings (SSSR count). The molecular formula is C16H24F3NO3S. The first-order valence-electron chi connectivity index (χ1n) is 7.47. The molecule has 2 N–H and O–H groups in total. The Kier molecular flexibility index (Phi) is 6.32. The summed E-state index contributed by atoms with van der Waals surface area (Å²) in [7, 11) is -1.25. The number of hydrogen-bond donors (Lipinski definition) is 2. The molecule has 0 spiro atoms. The van der Waals surface area contributed by atoms with E-state index in [9.17, 15) is 22.5 Å². The van der Waals surface area contributed by atoms with Crippen LogP contribution in [0.3, 0.4) is 0 Å². The number of alkyl halides is 3. The zero-order valence-corrected chi connectivity index (χ0v) is 15.3. The van der Waals surface area contributed by atoms with Gasteiger partial charge in [-0.15, -0.1) is 13.2 Å². The number of ether oxygens (including phenoxy) is 1. The summed E-state index contributed by atoms with van der Waals surface area (Å²) in [6.07, 6.45) is -3.87. The van der Waals surface area contributed by atoms with Crippen LogP contribution in [0.15, 0.2) is 18.2 Å². The number of benzene rings is 1. The molecule has 0 aromatic heterocycles. The number of aromatic hydroxyl groups is 1. The molecule has 0 saturated carbocycles. The van der Waals surface area contributed by atoms with Crippen LogP contribution < -0.4 is 9.46 Å². The van der Waals surface area contributed by atoms with Crippen molar-refractivity contribution in [2.75, 3.05) is 0 Å². The smallest absolute Gasteiger partial charge is 0.504 e. The third kappa shape index (κ3) is 7.09. The third-order valence-electron chi connectivity index (χ3n) is 3.21. The average Bonchev–Trinajstić information content (AvgIpc) is 2.36. The summed E-state index contributed by atoms with van der Waals surface area (Å²) in [5, 5.41) is 9.46. The highest BCUT2D eigenvalue weighted by atomic mass is 32.2. The normalized spacial score (nSPS) is 14.5. The Morgan fingerprint density at radius 2 is 1.75 bits per heavy atom. The summed E-state index contributed by atoms with van der Waals surface area (Å²) in [5.41, 5.74) is 0.115. The predicted molar refractivity (Wildman–Crippen MR) is 88.2 cm³/mol. The van der Waals surface area contributed by atoms with E-state index in [0.717, 1.165) is 0 Å². The Bertz CT molecular complexity index is 595. The van der Waals surface area contributed by atoms with Crippen molar-refractivity contribution in [3.63, 3.8) is 0 Å². The molecule has 24 heavy (non-hydrogen) atoms. The van der Waals surface area contributed by atoms with Crippen LogP contribution in [0.4, 0.5) is 13.2 Å². The zero-order valence-electron chi connectivity index (χ0n) is 14.5. The molecule has 0 radical (unpaired) electrons. The molecule has 0 aliphatic heterocycles. The van der Waals surface area contributed by atoms with Crippen molar-refractivity contribution >= 4 is 11.0 Å². The zero-order chi connectivity index (χ0) is 18.8.